The number of hydrogen-bond donors (Lipinski definition) is 3. The molecule has 0 spiro atoms. The van der Waals surface area contributed by atoms with Crippen molar-refractivity contribution in [2.75, 3.05) is 10.7 Å². The van der Waals surface area contributed by atoms with Crippen LogP contribution in [0.3, 0.4) is 0 Å². The van der Waals surface area contributed by atoms with E-state index < -0.39 is 16.0 Å². The van der Waals surface area contributed by atoms with E-state index in [1.165, 1.54) is 18.2 Å². The van der Waals surface area contributed by atoms with Crippen molar-refractivity contribution in [3.8, 4) is 0 Å². The first-order valence-electron chi connectivity index (χ1n) is 8.25. The van der Waals surface area contributed by atoms with Crippen LogP contribution in [0.1, 0.15) is 15.9 Å². The summed E-state index contributed by atoms with van der Waals surface area (Å²) < 4.78 is 31.5. The second kappa shape index (κ2) is 8.47. The lowest BCUT2D eigenvalue weighted by molar-refractivity contribution is 0.102. The van der Waals surface area contributed by atoms with Crippen LogP contribution in [0, 0.1) is 0 Å². The Bertz CT molecular complexity index is 1100. The summed E-state index contributed by atoms with van der Waals surface area (Å²) in [5.74, 6) is -0.492. The first-order chi connectivity index (χ1) is 13.4. The molecule has 0 aromatic heterocycles. The summed E-state index contributed by atoms with van der Waals surface area (Å²) in [4.78, 5) is 11.9. The number of rotatable bonds is 6. The van der Waals surface area contributed by atoms with Crippen LogP contribution in [-0.4, -0.2) is 25.1 Å². The van der Waals surface area contributed by atoms with Gasteiger partial charge in [-0.15, -0.1) is 0 Å². The van der Waals surface area contributed by atoms with Crippen molar-refractivity contribution < 1.29 is 17.8 Å². The number of carbonyl (C=O) groups excluding carboxylic acids is 1. The molecule has 3 aromatic rings. The number of nitrogens with zero attached hydrogens (tertiary/aromatic N) is 1. The predicted molar refractivity (Wildman–Crippen MR) is 108 cm³/mol. The van der Waals surface area contributed by atoms with Gasteiger partial charge in [0.05, 0.1) is 16.8 Å². The van der Waals surface area contributed by atoms with Crippen LogP contribution in [0.25, 0.3) is 0 Å². The molecule has 0 fully saturated rings. The smallest absolute Gasteiger partial charge is 0.294 e. The van der Waals surface area contributed by atoms with Crippen molar-refractivity contribution in [3.63, 3.8) is 0 Å². The van der Waals surface area contributed by atoms with Crippen LogP contribution in [0.4, 0.5) is 11.4 Å². The van der Waals surface area contributed by atoms with Gasteiger partial charge in [-0.1, -0.05) is 36.4 Å². The second-order valence-electron chi connectivity index (χ2n) is 5.82. The van der Waals surface area contributed by atoms with Crippen LogP contribution in [0.2, 0.25) is 0 Å². The SMILES string of the molecule is O=C(Nc1ccc(NN=Cc2ccccc2)cc1)c1cccc(S(=O)(=O)O)c1. The standard InChI is InChI=1S/C20H17N3O4S/c24-20(16-7-4-8-19(13-16)28(25,26)27)22-17-9-11-18(12-10-17)23-21-14-15-5-2-1-3-6-15/h1-14,23H,(H,22,24)(H,25,26,27). The summed E-state index contributed by atoms with van der Waals surface area (Å²) in [6, 6.07) is 21.7. The van der Waals surface area contributed by atoms with Crippen molar-refractivity contribution in [3.05, 3.63) is 90.0 Å². The first kappa shape index (κ1) is 19.3. The van der Waals surface area contributed by atoms with Crippen LogP contribution < -0.4 is 10.7 Å². The molecular weight excluding hydrogens is 378 g/mol. The lowest BCUT2D eigenvalue weighted by Gasteiger charge is -2.07. The molecule has 0 aliphatic rings. The van der Waals surface area contributed by atoms with E-state index in [2.05, 4.69) is 15.8 Å². The molecule has 7 nitrogen and oxygen atoms in total. The second-order valence-corrected chi connectivity index (χ2v) is 7.24. The number of amides is 1. The number of benzene rings is 3. The summed E-state index contributed by atoms with van der Waals surface area (Å²) >= 11 is 0. The molecule has 0 unspecified atom stereocenters. The molecule has 0 radical (unpaired) electrons. The van der Waals surface area contributed by atoms with Crippen molar-refractivity contribution in [2.45, 2.75) is 4.90 Å². The Morgan fingerprint density at radius 3 is 2.25 bits per heavy atom. The molecule has 0 heterocycles. The lowest BCUT2D eigenvalue weighted by Crippen LogP contribution is -2.12. The Morgan fingerprint density at radius 1 is 0.893 bits per heavy atom. The zero-order chi connectivity index (χ0) is 20.0. The van der Waals surface area contributed by atoms with E-state index in [-0.39, 0.29) is 10.5 Å². The van der Waals surface area contributed by atoms with E-state index in [0.717, 1.165) is 17.3 Å². The zero-order valence-corrected chi connectivity index (χ0v) is 15.4. The van der Waals surface area contributed by atoms with Crippen molar-refractivity contribution in [1.29, 1.82) is 0 Å². The minimum atomic E-state index is -4.37. The topological polar surface area (TPSA) is 108 Å². The number of hydrazone groups is 1. The summed E-state index contributed by atoms with van der Waals surface area (Å²) in [5.41, 5.74) is 5.23. The number of anilines is 2. The minimum absolute atomic E-state index is 0.116. The van der Waals surface area contributed by atoms with Gasteiger partial charge in [-0.05, 0) is 48.0 Å². The van der Waals surface area contributed by atoms with Gasteiger partial charge < -0.3 is 5.32 Å². The first-order valence-corrected chi connectivity index (χ1v) is 9.69. The molecule has 0 saturated carbocycles. The highest BCUT2D eigenvalue weighted by Gasteiger charge is 2.13. The van der Waals surface area contributed by atoms with Gasteiger partial charge in [0, 0.05) is 11.3 Å². The molecule has 0 aliphatic carbocycles. The van der Waals surface area contributed by atoms with E-state index in [0.29, 0.717) is 5.69 Å². The highest BCUT2D eigenvalue weighted by molar-refractivity contribution is 7.85. The fraction of sp³-hybridized carbons (Fsp3) is 0. The Morgan fingerprint density at radius 2 is 1.57 bits per heavy atom. The van der Waals surface area contributed by atoms with Gasteiger partial charge in [-0.3, -0.25) is 14.8 Å². The van der Waals surface area contributed by atoms with Crippen LogP contribution >= 0.6 is 0 Å². The maximum absolute atomic E-state index is 12.3. The number of carbonyl (C=O) groups is 1. The lowest BCUT2D eigenvalue weighted by atomic mass is 10.2. The van der Waals surface area contributed by atoms with E-state index in [4.69, 9.17) is 4.55 Å². The zero-order valence-electron chi connectivity index (χ0n) is 14.6. The maximum Gasteiger partial charge on any atom is 0.294 e. The molecule has 3 rings (SSSR count). The highest BCUT2D eigenvalue weighted by Crippen LogP contribution is 2.16. The third-order valence-corrected chi connectivity index (χ3v) is 4.59. The number of nitrogens with one attached hydrogen (secondary N) is 2. The molecule has 0 aliphatic heterocycles. The maximum atomic E-state index is 12.3. The molecule has 142 valence electrons. The average molecular weight is 395 g/mol. The van der Waals surface area contributed by atoms with Gasteiger partial charge in [0.2, 0.25) is 0 Å². The van der Waals surface area contributed by atoms with Gasteiger partial charge in [0.15, 0.2) is 0 Å². The molecule has 8 heteroatoms. The van der Waals surface area contributed by atoms with Gasteiger partial charge >= 0.3 is 0 Å². The third-order valence-electron chi connectivity index (χ3n) is 3.74. The number of hydrogen-bond acceptors (Lipinski definition) is 5. The molecule has 28 heavy (non-hydrogen) atoms. The average Bonchev–Trinajstić information content (AvgIpc) is 2.69. The summed E-state index contributed by atoms with van der Waals surface area (Å²) in [6.45, 7) is 0. The van der Waals surface area contributed by atoms with Gasteiger partial charge in [-0.2, -0.15) is 13.5 Å². The predicted octanol–water partition coefficient (Wildman–Crippen LogP) is 3.63. The largest absolute Gasteiger partial charge is 0.322 e. The molecule has 3 N–H and O–H groups in total. The Labute approximate surface area is 162 Å². The van der Waals surface area contributed by atoms with Crippen molar-refractivity contribution in [1.82, 2.24) is 0 Å². The highest BCUT2D eigenvalue weighted by atomic mass is 32.2. The molecule has 3 aromatic carbocycles. The molecule has 0 bridgehead atoms. The fourth-order valence-corrected chi connectivity index (χ4v) is 2.88. The Balaban J connectivity index is 1.62. The van der Waals surface area contributed by atoms with Crippen LogP contribution in [0.5, 0.6) is 0 Å². The van der Waals surface area contributed by atoms with E-state index in [1.54, 1.807) is 30.5 Å². The molecule has 0 atom stereocenters. The quantitative estimate of drug-likeness (QED) is 0.336. The molecule has 1 amide bonds. The van der Waals surface area contributed by atoms with Gasteiger partial charge in [0.1, 0.15) is 0 Å². The van der Waals surface area contributed by atoms with Crippen molar-refractivity contribution in [2.24, 2.45) is 5.10 Å². The van der Waals surface area contributed by atoms with Gasteiger partial charge in [-0.25, -0.2) is 0 Å². The van der Waals surface area contributed by atoms with E-state index in [1.807, 2.05) is 30.3 Å². The fourth-order valence-electron chi connectivity index (χ4n) is 2.35. The summed E-state index contributed by atoms with van der Waals surface area (Å²) in [6.07, 6.45) is 1.69. The monoisotopic (exact) mass is 395 g/mol. The van der Waals surface area contributed by atoms with E-state index >= 15 is 0 Å². The molecular formula is C20H17N3O4S. The van der Waals surface area contributed by atoms with Crippen molar-refractivity contribution >= 4 is 33.6 Å². The van der Waals surface area contributed by atoms with E-state index in [9.17, 15) is 13.2 Å². The van der Waals surface area contributed by atoms with Gasteiger partial charge in [0.25, 0.3) is 16.0 Å². The normalized spacial score (nSPS) is 11.3. The summed E-state index contributed by atoms with van der Waals surface area (Å²) in [7, 11) is -4.37. The minimum Gasteiger partial charge on any atom is -0.322 e. The van der Waals surface area contributed by atoms with Crippen LogP contribution in [0.15, 0.2) is 88.9 Å². The Kier molecular flexibility index (Phi) is 5.83. The Hall–Kier alpha value is -3.49. The van der Waals surface area contributed by atoms with Crippen LogP contribution in [-0.2, 0) is 10.1 Å². The molecule has 0 saturated heterocycles. The summed E-state index contributed by atoms with van der Waals surface area (Å²) in [5, 5.41) is 6.80. The third kappa shape index (κ3) is 5.26.